The Morgan fingerprint density at radius 1 is 0.964 bits per heavy atom. The van der Waals surface area contributed by atoms with Crippen LogP contribution >= 0.6 is 0 Å². The first kappa shape index (κ1) is 19.7. The zero-order valence-corrected chi connectivity index (χ0v) is 16.0. The molecule has 0 saturated carbocycles. The van der Waals surface area contributed by atoms with Gasteiger partial charge in [0, 0.05) is 12.0 Å². The molecular formula is C24H23FO3. The number of alkyl halides is 1. The number of carbonyl (C=O) groups excluding carboxylic acids is 2. The van der Waals surface area contributed by atoms with Gasteiger partial charge in [0.1, 0.15) is 0 Å². The molecule has 0 fully saturated rings. The van der Waals surface area contributed by atoms with Crippen molar-refractivity contribution in [3.63, 3.8) is 0 Å². The largest absolute Gasteiger partial charge is 0.464 e. The first-order valence-corrected chi connectivity index (χ1v) is 9.40. The van der Waals surface area contributed by atoms with Crippen LogP contribution in [0.2, 0.25) is 0 Å². The van der Waals surface area contributed by atoms with Crippen LogP contribution in [-0.4, -0.2) is 24.5 Å². The van der Waals surface area contributed by atoms with E-state index in [-0.39, 0.29) is 18.8 Å². The molecule has 0 aliphatic rings. The lowest BCUT2D eigenvalue weighted by molar-refractivity contribution is -0.149. The first-order chi connectivity index (χ1) is 13.5. The van der Waals surface area contributed by atoms with Crippen LogP contribution < -0.4 is 0 Å². The molecule has 0 amide bonds. The molecule has 0 heterocycles. The highest BCUT2D eigenvalue weighted by Crippen LogP contribution is 2.29. The molecule has 0 spiro atoms. The van der Waals surface area contributed by atoms with E-state index in [1.54, 1.807) is 13.0 Å². The minimum absolute atomic E-state index is 0.104. The number of hydrogen-bond acceptors (Lipinski definition) is 3. The topological polar surface area (TPSA) is 43.4 Å². The van der Waals surface area contributed by atoms with Crippen molar-refractivity contribution in [2.75, 3.05) is 6.61 Å². The van der Waals surface area contributed by atoms with Crippen molar-refractivity contribution >= 4 is 22.5 Å². The van der Waals surface area contributed by atoms with E-state index in [0.717, 1.165) is 16.3 Å². The van der Waals surface area contributed by atoms with E-state index in [4.69, 9.17) is 4.74 Å². The fourth-order valence-electron chi connectivity index (χ4n) is 3.27. The van der Waals surface area contributed by atoms with Crippen LogP contribution in [-0.2, 0) is 9.53 Å². The summed E-state index contributed by atoms with van der Waals surface area (Å²) in [7, 11) is 0. The molecule has 0 N–H and O–H groups in total. The normalized spacial score (nSPS) is 13.1. The maximum atomic E-state index is 14.5. The molecule has 4 heteroatoms. The van der Waals surface area contributed by atoms with Gasteiger partial charge in [-0.3, -0.25) is 4.79 Å². The van der Waals surface area contributed by atoms with Crippen molar-refractivity contribution in [2.24, 2.45) is 0 Å². The molecule has 3 aromatic rings. The fraction of sp³-hybridized carbons (Fsp3) is 0.250. The highest BCUT2D eigenvalue weighted by molar-refractivity contribution is 6.04. The Kier molecular flexibility index (Phi) is 6.19. The zero-order valence-electron chi connectivity index (χ0n) is 16.0. The van der Waals surface area contributed by atoms with Crippen LogP contribution in [0.1, 0.15) is 40.7 Å². The number of benzene rings is 3. The Morgan fingerprint density at radius 3 is 2.32 bits per heavy atom. The molecule has 3 aromatic carbocycles. The van der Waals surface area contributed by atoms with E-state index in [1.165, 1.54) is 0 Å². The summed E-state index contributed by atoms with van der Waals surface area (Å²) in [6.07, 6.45) is -2.09. The summed E-state index contributed by atoms with van der Waals surface area (Å²) in [5.41, 5.74) is 2.24. The van der Waals surface area contributed by atoms with Crippen molar-refractivity contribution in [3.05, 3.63) is 83.4 Å². The van der Waals surface area contributed by atoms with Gasteiger partial charge in [0.25, 0.3) is 0 Å². The van der Waals surface area contributed by atoms with E-state index in [2.05, 4.69) is 0 Å². The quantitative estimate of drug-likeness (QED) is 0.408. The van der Waals surface area contributed by atoms with E-state index in [9.17, 15) is 14.0 Å². The van der Waals surface area contributed by atoms with Crippen LogP contribution in [0.3, 0.4) is 0 Å². The number of Topliss-reactive ketones (excluding diaryl/α,β-unsaturated/α-hetero) is 1. The molecule has 0 aliphatic carbocycles. The van der Waals surface area contributed by atoms with Gasteiger partial charge < -0.3 is 4.74 Å². The third-order valence-corrected chi connectivity index (χ3v) is 4.82. The summed E-state index contributed by atoms with van der Waals surface area (Å²) in [4.78, 5) is 25.1. The second kappa shape index (κ2) is 8.79. The van der Waals surface area contributed by atoms with Gasteiger partial charge in [0.15, 0.2) is 12.0 Å². The standard InChI is InChI=1S/C24H23FO3/c1-3-28-24(27)22(25)15-21(18-10-8-16(2)9-11-18)23(26)20-13-12-17-6-4-5-7-19(17)14-20/h4-14,21-22H,3,15H2,1-2H3/t21?,22-/m0/s1. The van der Waals surface area contributed by atoms with Crippen molar-refractivity contribution in [2.45, 2.75) is 32.4 Å². The smallest absolute Gasteiger partial charge is 0.340 e. The lowest BCUT2D eigenvalue weighted by atomic mass is 9.85. The minimum atomic E-state index is -1.85. The molecule has 28 heavy (non-hydrogen) atoms. The minimum Gasteiger partial charge on any atom is -0.464 e. The number of ether oxygens (including phenoxy) is 1. The van der Waals surface area contributed by atoms with Crippen molar-refractivity contribution < 1.29 is 18.7 Å². The predicted molar refractivity (Wildman–Crippen MR) is 108 cm³/mol. The molecule has 144 valence electrons. The molecule has 1 unspecified atom stereocenters. The predicted octanol–water partition coefficient (Wildman–Crippen LogP) is 5.41. The van der Waals surface area contributed by atoms with Gasteiger partial charge in [0.05, 0.1) is 12.5 Å². The number of carbonyl (C=O) groups is 2. The second-order valence-electron chi connectivity index (χ2n) is 6.84. The van der Waals surface area contributed by atoms with E-state index < -0.39 is 18.1 Å². The molecule has 0 radical (unpaired) electrons. The third-order valence-electron chi connectivity index (χ3n) is 4.82. The fourth-order valence-corrected chi connectivity index (χ4v) is 3.27. The number of fused-ring (bicyclic) bond motifs is 1. The molecular weight excluding hydrogens is 355 g/mol. The Hall–Kier alpha value is -3.01. The maximum Gasteiger partial charge on any atom is 0.340 e. The molecule has 3 rings (SSSR count). The van der Waals surface area contributed by atoms with Gasteiger partial charge in [-0.05, 0) is 36.2 Å². The van der Waals surface area contributed by atoms with Crippen LogP contribution in [0.15, 0.2) is 66.7 Å². The number of halogens is 1. The van der Waals surface area contributed by atoms with Crippen molar-refractivity contribution in [1.29, 1.82) is 0 Å². The number of esters is 1. The Bertz CT molecular complexity index is 979. The maximum absolute atomic E-state index is 14.5. The first-order valence-electron chi connectivity index (χ1n) is 9.40. The van der Waals surface area contributed by atoms with Gasteiger partial charge in [-0.2, -0.15) is 0 Å². The number of hydrogen-bond donors (Lipinski definition) is 0. The van der Waals surface area contributed by atoms with Gasteiger partial charge in [-0.15, -0.1) is 0 Å². The monoisotopic (exact) mass is 378 g/mol. The lowest BCUT2D eigenvalue weighted by Gasteiger charge is -2.19. The second-order valence-corrected chi connectivity index (χ2v) is 6.84. The Morgan fingerprint density at radius 2 is 1.64 bits per heavy atom. The molecule has 0 aliphatic heterocycles. The molecule has 3 nitrogen and oxygen atoms in total. The van der Waals surface area contributed by atoms with Crippen LogP contribution in [0.5, 0.6) is 0 Å². The molecule has 0 bridgehead atoms. The highest BCUT2D eigenvalue weighted by atomic mass is 19.1. The summed E-state index contributed by atoms with van der Waals surface area (Å²) in [5.74, 6) is -1.89. The number of rotatable bonds is 7. The van der Waals surface area contributed by atoms with Crippen LogP contribution in [0, 0.1) is 6.92 Å². The van der Waals surface area contributed by atoms with Gasteiger partial charge >= 0.3 is 5.97 Å². The van der Waals surface area contributed by atoms with E-state index in [1.807, 2.05) is 67.6 Å². The van der Waals surface area contributed by atoms with Crippen LogP contribution in [0.25, 0.3) is 10.8 Å². The Balaban J connectivity index is 1.95. The average molecular weight is 378 g/mol. The zero-order chi connectivity index (χ0) is 20.1. The van der Waals surface area contributed by atoms with Gasteiger partial charge in [0.2, 0.25) is 0 Å². The van der Waals surface area contributed by atoms with Crippen molar-refractivity contribution in [3.8, 4) is 0 Å². The molecule has 0 aromatic heterocycles. The van der Waals surface area contributed by atoms with Crippen LogP contribution in [0.4, 0.5) is 4.39 Å². The van der Waals surface area contributed by atoms with Crippen molar-refractivity contribution in [1.82, 2.24) is 0 Å². The van der Waals surface area contributed by atoms with Gasteiger partial charge in [-0.1, -0.05) is 66.2 Å². The van der Waals surface area contributed by atoms with E-state index >= 15 is 0 Å². The Labute approximate surface area is 164 Å². The number of ketones is 1. The summed E-state index contributed by atoms with van der Waals surface area (Å²) >= 11 is 0. The lowest BCUT2D eigenvalue weighted by Crippen LogP contribution is -2.25. The molecule has 2 atom stereocenters. The number of aryl methyl sites for hydroxylation is 1. The summed E-state index contributed by atoms with van der Waals surface area (Å²) in [6, 6.07) is 20.6. The average Bonchev–Trinajstić information content (AvgIpc) is 2.72. The highest BCUT2D eigenvalue weighted by Gasteiger charge is 2.30. The van der Waals surface area contributed by atoms with E-state index in [0.29, 0.717) is 11.1 Å². The van der Waals surface area contributed by atoms with Gasteiger partial charge in [-0.25, -0.2) is 9.18 Å². The summed E-state index contributed by atoms with van der Waals surface area (Å²) < 4.78 is 19.3. The summed E-state index contributed by atoms with van der Waals surface area (Å²) in [5, 5.41) is 1.97. The molecule has 0 saturated heterocycles. The third kappa shape index (κ3) is 4.45. The summed E-state index contributed by atoms with van der Waals surface area (Å²) in [6.45, 7) is 3.68. The SMILES string of the molecule is CCOC(=O)[C@@H](F)CC(C(=O)c1ccc2ccccc2c1)c1ccc(C)cc1.